The molecular formula is C8H17IN2O2. The molecule has 0 heterocycles. The lowest BCUT2D eigenvalue weighted by Crippen LogP contribution is -2.53. The van der Waals surface area contributed by atoms with E-state index in [-0.39, 0.29) is 11.4 Å². The van der Waals surface area contributed by atoms with Crippen LogP contribution in [0.3, 0.4) is 0 Å². The average Bonchev–Trinajstić information content (AvgIpc) is 1.98. The monoisotopic (exact) mass is 300 g/mol. The van der Waals surface area contributed by atoms with Gasteiger partial charge in [-0.1, -0.05) is 22.6 Å². The summed E-state index contributed by atoms with van der Waals surface area (Å²) in [4.78, 5) is 11.4. The number of rotatable bonds is 3. The number of hydrogen-bond donors (Lipinski definition) is 3. The van der Waals surface area contributed by atoms with Crippen molar-refractivity contribution in [3.63, 3.8) is 0 Å². The summed E-state index contributed by atoms with van der Waals surface area (Å²) in [6.45, 7) is 5.61. The molecule has 13 heavy (non-hydrogen) atoms. The third-order valence-electron chi connectivity index (χ3n) is 1.37. The molecule has 4 nitrogen and oxygen atoms in total. The van der Waals surface area contributed by atoms with Crippen LogP contribution < -0.4 is 11.1 Å². The van der Waals surface area contributed by atoms with Crippen molar-refractivity contribution in [3.8, 4) is 0 Å². The second-order valence-electron chi connectivity index (χ2n) is 3.99. The van der Waals surface area contributed by atoms with Gasteiger partial charge in [-0.05, 0) is 20.8 Å². The molecule has 0 aromatic carbocycles. The first-order valence-electron chi connectivity index (χ1n) is 4.09. The van der Waals surface area contributed by atoms with Crippen molar-refractivity contribution in [2.75, 3.05) is 4.43 Å². The zero-order valence-electron chi connectivity index (χ0n) is 8.17. The van der Waals surface area contributed by atoms with Crippen molar-refractivity contribution < 1.29 is 9.90 Å². The lowest BCUT2D eigenvalue weighted by molar-refractivity contribution is -0.125. The Balaban J connectivity index is 4.12. The third-order valence-corrected chi connectivity index (χ3v) is 2.28. The van der Waals surface area contributed by atoms with E-state index < -0.39 is 12.1 Å². The number of amides is 1. The number of halogens is 1. The topological polar surface area (TPSA) is 75.4 Å². The van der Waals surface area contributed by atoms with Crippen LogP contribution in [-0.2, 0) is 4.79 Å². The lowest BCUT2D eigenvalue weighted by atomic mass is 10.1. The number of aliphatic hydroxyl groups excluding tert-OH is 1. The van der Waals surface area contributed by atoms with E-state index in [0.717, 1.165) is 0 Å². The first kappa shape index (κ1) is 13.1. The molecule has 1 amide bonds. The maximum Gasteiger partial charge on any atom is 0.240 e. The second-order valence-corrected chi connectivity index (χ2v) is 4.87. The van der Waals surface area contributed by atoms with Crippen LogP contribution in [0.25, 0.3) is 0 Å². The third kappa shape index (κ3) is 5.43. The van der Waals surface area contributed by atoms with Gasteiger partial charge in [0.1, 0.15) is 6.04 Å². The van der Waals surface area contributed by atoms with E-state index in [1.165, 1.54) is 0 Å². The number of carbonyl (C=O) groups is 1. The van der Waals surface area contributed by atoms with Crippen LogP contribution in [0.2, 0.25) is 0 Å². The average molecular weight is 300 g/mol. The summed E-state index contributed by atoms with van der Waals surface area (Å²) in [5.74, 6) is -0.309. The Kier molecular flexibility index (Phi) is 5.16. The molecular weight excluding hydrogens is 283 g/mol. The molecule has 0 spiro atoms. The molecule has 4 N–H and O–H groups in total. The number of nitrogens with two attached hydrogens (primary N) is 1. The summed E-state index contributed by atoms with van der Waals surface area (Å²) in [5.41, 5.74) is 5.21. The largest absolute Gasteiger partial charge is 0.390 e. The summed E-state index contributed by atoms with van der Waals surface area (Å²) in [6, 6.07) is -0.837. The minimum absolute atomic E-state index is 0.306. The van der Waals surface area contributed by atoms with Gasteiger partial charge >= 0.3 is 0 Å². The quantitative estimate of drug-likeness (QED) is 0.508. The van der Waals surface area contributed by atoms with E-state index in [1.54, 1.807) is 0 Å². The Morgan fingerprint density at radius 3 is 2.38 bits per heavy atom. The van der Waals surface area contributed by atoms with E-state index in [1.807, 2.05) is 43.4 Å². The fourth-order valence-corrected chi connectivity index (χ4v) is 1.27. The van der Waals surface area contributed by atoms with E-state index in [9.17, 15) is 9.90 Å². The molecule has 5 heteroatoms. The van der Waals surface area contributed by atoms with Crippen molar-refractivity contribution >= 4 is 28.5 Å². The van der Waals surface area contributed by atoms with E-state index in [4.69, 9.17) is 5.73 Å². The maximum atomic E-state index is 11.4. The molecule has 0 rings (SSSR count). The summed E-state index contributed by atoms with van der Waals surface area (Å²) in [7, 11) is 0. The zero-order valence-corrected chi connectivity index (χ0v) is 10.3. The highest BCUT2D eigenvalue weighted by Gasteiger charge is 2.24. The van der Waals surface area contributed by atoms with Crippen LogP contribution in [-0.4, -0.2) is 33.1 Å². The maximum absolute atomic E-state index is 11.4. The highest BCUT2D eigenvalue weighted by atomic mass is 127. The van der Waals surface area contributed by atoms with Crippen LogP contribution in [0.5, 0.6) is 0 Å². The number of nitrogens with one attached hydrogen (secondary N) is 1. The van der Waals surface area contributed by atoms with Crippen molar-refractivity contribution in [3.05, 3.63) is 0 Å². The zero-order chi connectivity index (χ0) is 10.6. The Morgan fingerprint density at radius 1 is 1.62 bits per heavy atom. The van der Waals surface area contributed by atoms with Gasteiger partial charge in [0.2, 0.25) is 5.91 Å². The fraction of sp³-hybridized carbons (Fsp3) is 0.875. The summed E-state index contributed by atoms with van der Waals surface area (Å²) >= 11 is 1.99. The minimum Gasteiger partial charge on any atom is -0.390 e. The van der Waals surface area contributed by atoms with Gasteiger partial charge in [-0.3, -0.25) is 4.79 Å². The van der Waals surface area contributed by atoms with Crippen molar-refractivity contribution in [2.45, 2.75) is 38.5 Å². The molecule has 1 unspecified atom stereocenters. The van der Waals surface area contributed by atoms with Gasteiger partial charge in [0.15, 0.2) is 0 Å². The van der Waals surface area contributed by atoms with Crippen molar-refractivity contribution in [2.24, 2.45) is 5.73 Å². The van der Waals surface area contributed by atoms with E-state index in [2.05, 4.69) is 5.32 Å². The molecule has 0 saturated carbocycles. The summed E-state index contributed by atoms with van der Waals surface area (Å²) < 4.78 is 0.455. The molecule has 2 atom stereocenters. The Bertz CT molecular complexity index is 179. The molecule has 0 aromatic heterocycles. The molecule has 0 saturated heterocycles. The van der Waals surface area contributed by atoms with Crippen molar-refractivity contribution in [1.82, 2.24) is 5.32 Å². The normalized spacial score (nSPS) is 16.5. The van der Waals surface area contributed by atoms with Gasteiger partial charge in [-0.2, -0.15) is 0 Å². The smallest absolute Gasteiger partial charge is 0.240 e. The Morgan fingerprint density at radius 2 is 2.08 bits per heavy atom. The molecule has 0 aliphatic rings. The lowest BCUT2D eigenvalue weighted by Gasteiger charge is -2.24. The van der Waals surface area contributed by atoms with Crippen LogP contribution in [0.15, 0.2) is 0 Å². The van der Waals surface area contributed by atoms with Crippen molar-refractivity contribution in [1.29, 1.82) is 0 Å². The number of hydrogen-bond acceptors (Lipinski definition) is 3. The molecule has 0 bridgehead atoms. The predicted molar refractivity (Wildman–Crippen MR) is 60.8 cm³/mol. The summed E-state index contributed by atoms with van der Waals surface area (Å²) in [6.07, 6.45) is -0.775. The number of alkyl halides is 1. The van der Waals surface area contributed by atoms with Crippen LogP contribution >= 0.6 is 22.6 Å². The predicted octanol–water partition coefficient (Wildman–Crippen LogP) is 0.0243. The minimum atomic E-state index is -0.837. The van der Waals surface area contributed by atoms with Gasteiger partial charge in [0.05, 0.1) is 6.10 Å². The van der Waals surface area contributed by atoms with Gasteiger partial charge in [0.25, 0.3) is 0 Å². The SMILES string of the molecule is CC(C)(C)NC(=O)[C@H](N)C(O)CI. The molecule has 0 aliphatic heterocycles. The van der Waals surface area contributed by atoms with Gasteiger partial charge in [-0.15, -0.1) is 0 Å². The molecule has 0 radical (unpaired) electrons. The fourth-order valence-electron chi connectivity index (χ4n) is 0.724. The number of aliphatic hydroxyl groups is 1. The van der Waals surface area contributed by atoms with E-state index in [0.29, 0.717) is 4.43 Å². The Hall–Kier alpha value is 0.120. The van der Waals surface area contributed by atoms with E-state index >= 15 is 0 Å². The standard InChI is InChI=1S/C8H17IN2O2/c1-8(2,3)11-7(13)6(10)5(12)4-9/h5-6,12H,4,10H2,1-3H3,(H,11,13)/t5?,6-/m1/s1. The molecule has 0 aliphatic carbocycles. The van der Waals surface area contributed by atoms with Gasteiger partial charge in [0, 0.05) is 9.97 Å². The summed E-state index contributed by atoms with van der Waals surface area (Å²) in [5, 5.41) is 12.0. The van der Waals surface area contributed by atoms with Crippen LogP contribution in [0.1, 0.15) is 20.8 Å². The number of carbonyl (C=O) groups excluding carboxylic acids is 1. The highest BCUT2D eigenvalue weighted by Crippen LogP contribution is 2.02. The first-order chi connectivity index (χ1) is 5.78. The second kappa shape index (κ2) is 5.11. The van der Waals surface area contributed by atoms with Crippen LogP contribution in [0.4, 0.5) is 0 Å². The van der Waals surface area contributed by atoms with Gasteiger partial charge < -0.3 is 16.2 Å². The first-order valence-corrected chi connectivity index (χ1v) is 5.62. The van der Waals surface area contributed by atoms with Crippen LogP contribution in [0, 0.1) is 0 Å². The highest BCUT2D eigenvalue weighted by molar-refractivity contribution is 14.1. The molecule has 0 fully saturated rings. The van der Waals surface area contributed by atoms with Gasteiger partial charge in [-0.25, -0.2) is 0 Å². The molecule has 78 valence electrons. The molecule has 0 aromatic rings. The Labute approximate surface area is 92.4 Å².